The van der Waals surface area contributed by atoms with Crippen LogP contribution in [0.25, 0.3) is 0 Å². The first kappa shape index (κ1) is 13.4. The molecule has 1 aliphatic rings. The molecule has 1 unspecified atom stereocenters. The lowest BCUT2D eigenvalue weighted by Crippen LogP contribution is -2.21. The van der Waals surface area contributed by atoms with Crippen LogP contribution in [-0.2, 0) is 0 Å². The number of aromatic nitrogens is 1. The molecule has 0 bridgehead atoms. The fraction of sp³-hybridized carbons (Fsp3) is 0.625. The zero-order valence-corrected chi connectivity index (χ0v) is 11.5. The molecule has 1 N–H and O–H groups in total. The molecule has 1 aliphatic carbocycles. The van der Waals surface area contributed by atoms with E-state index in [1.165, 1.54) is 32.1 Å². The largest absolute Gasteiger partial charge is 0.386 e. The van der Waals surface area contributed by atoms with E-state index in [1.807, 2.05) is 19.9 Å². The Morgan fingerprint density at radius 3 is 2.33 bits per heavy atom. The predicted octanol–water partition coefficient (Wildman–Crippen LogP) is 3.94. The van der Waals surface area contributed by atoms with Gasteiger partial charge in [0, 0.05) is 12.4 Å². The summed E-state index contributed by atoms with van der Waals surface area (Å²) in [6.07, 6.45) is 15.1. The van der Waals surface area contributed by atoms with E-state index in [1.54, 1.807) is 0 Å². The van der Waals surface area contributed by atoms with Crippen LogP contribution in [0.4, 0.5) is 0 Å². The van der Waals surface area contributed by atoms with Crippen molar-refractivity contribution in [2.45, 2.75) is 57.6 Å². The first-order valence-corrected chi connectivity index (χ1v) is 7.10. The minimum Gasteiger partial charge on any atom is -0.386 e. The Labute approximate surface area is 110 Å². The number of rotatable bonds is 4. The van der Waals surface area contributed by atoms with Crippen molar-refractivity contribution < 1.29 is 5.11 Å². The van der Waals surface area contributed by atoms with Crippen LogP contribution in [0, 0.1) is 5.92 Å². The summed E-state index contributed by atoms with van der Waals surface area (Å²) in [7, 11) is 0. The van der Waals surface area contributed by atoms with Gasteiger partial charge < -0.3 is 9.67 Å². The highest BCUT2D eigenvalue weighted by Crippen LogP contribution is 2.34. The molecule has 0 aliphatic heterocycles. The molecule has 2 heteroatoms. The van der Waals surface area contributed by atoms with E-state index in [0.29, 0.717) is 12.0 Å². The molecule has 0 saturated heterocycles. The van der Waals surface area contributed by atoms with Crippen LogP contribution in [-0.4, -0.2) is 15.3 Å². The minimum atomic E-state index is -0.722. The molecule has 1 atom stereocenters. The fourth-order valence-corrected chi connectivity index (χ4v) is 2.86. The Hall–Kier alpha value is -1.02. The molecule has 1 aromatic rings. The SMILES string of the molecule is CC(C)(O)/C=C/C(C1CCCCC1)n1cccc1. The zero-order valence-electron chi connectivity index (χ0n) is 11.5. The van der Waals surface area contributed by atoms with Crippen LogP contribution in [0.2, 0.25) is 0 Å². The first-order valence-electron chi connectivity index (χ1n) is 7.10. The molecule has 1 saturated carbocycles. The summed E-state index contributed by atoms with van der Waals surface area (Å²) in [4.78, 5) is 0. The van der Waals surface area contributed by atoms with E-state index in [4.69, 9.17) is 0 Å². The summed E-state index contributed by atoms with van der Waals surface area (Å²) in [5.74, 6) is 0.713. The molecule has 0 aromatic carbocycles. The zero-order chi connectivity index (χ0) is 13.0. The van der Waals surface area contributed by atoms with Gasteiger partial charge in [-0.25, -0.2) is 0 Å². The van der Waals surface area contributed by atoms with E-state index < -0.39 is 5.60 Å². The average Bonchev–Trinajstić information content (AvgIpc) is 2.83. The Kier molecular flexibility index (Phi) is 4.28. The molecule has 2 nitrogen and oxygen atoms in total. The van der Waals surface area contributed by atoms with Crippen LogP contribution in [0.3, 0.4) is 0 Å². The van der Waals surface area contributed by atoms with Crippen molar-refractivity contribution in [3.8, 4) is 0 Å². The number of aliphatic hydroxyl groups is 1. The van der Waals surface area contributed by atoms with Gasteiger partial charge in [-0.3, -0.25) is 0 Å². The Bertz CT molecular complexity index is 366. The van der Waals surface area contributed by atoms with E-state index in [-0.39, 0.29) is 0 Å². The van der Waals surface area contributed by atoms with Crippen molar-refractivity contribution in [2.24, 2.45) is 5.92 Å². The van der Waals surface area contributed by atoms with Gasteiger partial charge in [0.25, 0.3) is 0 Å². The van der Waals surface area contributed by atoms with Crippen molar-refractivity contribution in [3.63, 3.8) is 0 Å². The van der Waals surface area contributed by atoms with Crippen LogP contribution >= 0.6 is 0 Å². The van der Waals surface area contributed by atoms with Gasteiger partial charge in [-0.15, -0.1) is 0 Å². The second-order valence-electron chi connectivity index (χ2n) is 6.03. The molecule has 18 heavy (non-hydrogen) atoms. The molecule has 1 heterocycles. The summed E-state index contributed by atoms with van der Waals surface area (Å²) in [6.45, 7) is 3.66. The number of nitrogens with zero attached hydrogens (tertiary/aromatic N) is 1. The lowest BCUT2D eigenvalue weighted by Gasteiger charge is -2.30. The second-order valence-corrected chi connectivity index (χ2v) is 6.03. The smallest absolute Gasteiger partial charge is 0.0772 e. The number of hydrogen-bond donors (Lipinski definition) is 1. The maximum Gasteiger partial charge on any atom is 0.0772 e. The van der Waals surface area contributed by atoms with E-state index >= 15 is 0 Å². The topological polar surface area (TPSA) is 25.2 Å². The quantitative estimate of drug-likeness (QED) is 0.801. The highest BCUT2D eigenvalue weighted by atomic mass is 16.3. The van der Waals surface area contributed by atoms with Crippen molar-refractivity contribution in [1.82, 2.24) is 4.57 Å². The summed E-state index contributed by atoms with van der Waals surface area (Å²) in [5.41, 5.74) is -0.722. The van der Waals surface area contributed by atoms with Crippen LogP contribution in [0.1, 0.15) is 52.0 Å². The highest BCUT2D eigenvalue weighted by Gasteiger charge is 2.23. The monoisotopic (exact) mass is 247 g/mol. The van der Waals surface area contributed by atoms with Crippen LogP contribution < -0.4 is 0 Å². The van der Waals surface area contributed by atoms with Gasteiger partial charge in [0.2, 0.25) is 0 Å². The molecule has 0 radical (unpaired) electrons. The average molecular weight is 247 g/mol. The third kappa shape index (κ3) is 3.74. The Morgan fingerprint density at radius 2 is 1.78 bits per heavy atom. The molecule has 0 amide bonds. The van der Waals surface area contributed by atoms with E-state index in [0.717, 1.165) is 0 Å². The minimum absolute atomic E-state index is 0.395. The summed E-state index contributed by atoms with van der Waals surface area (Å²) >= 11 is 0. The third-order valence-electron chi connectivity index (χ3n) is 3.81. The lowest BCUT2D eigenvalue weighted by molar-refractivity contribution is 0.132. The second kappa shape index (κ2) is 5.75. The maximum atomic E-state index is 9.87. The number of allylic oxidation sites excluding steroid dienone is 1. The normalized spacial score (nSPS) is 20.4. The highest BCUT2D eigenvalue weighted by molar-refractivity contribution is 5.06. The van der Waals surface area contributed by atoms with Gasteiger partial charge in [0.1, 0.15) is 0 Å². The van der Waals surface area contributed by atoms with Crippen molar-refractivity contribution >= 4 is 0 Å². The molecular weight excluding hydrogens is 222 g/mol. The van der Waals surface area contributed by atoms with E-state index in [9.17, 15) is 5.11 Å². The van der Waals surface area contributed by atoms with E-state index in [2.05, 4.69) is 35.2 Å². The van der Waals surface area contributed by atoms with Gasteiger partial charge in [-0.1, -0.05) is 31.4 Å². The van der Waals surface area contributed by atoms with Gasteiger partial charge in [0.15, 0.2) is 0 Å². The summed E-state index contributed by atoms with van der Waals surface area (Å²) < 4.78 is 2.28. The molecule has 0 spiro atoms. The summed E-state index contributed by atoms with van der Waals surface area (Å²) in [6, 6.07) is 4.55. The van der Waals surface area contributed by atoms with Crippen LogP contribution in [0.15, 0.2) is 36.7 Å². The lowest BCUT2D eigenvalue weighted by atomic mass is 9.83. The van der Waals surface area contributed by atoms with Gasteiger partial charge in [-0.05, 0) is 44.7 Å². The summed E-state index contributed by atoms with van der Waals surface area (Å²) in [5, 5.41) is 9.87. The standard InChI is InChI=1S/C16H25NO/c1-16(2,18)11-10-15(17-12-6-7-13-17)14-8-4-3-5-9-14/h6-7,10-15,18H,3-5,8-9H2,1-2H3/b11-10+. The Balaban J connectivity index is 2.15. The van der Waals surface area contributed by atoms with Gasteiger partial charge in [-0.2, -0.15) is 0 Å². The number of hydrogen-bond acceptors (Lipinski definition) is 1. The first-order chi connectivity index (χ1) is 8.56. The molecule has 2 rings (SSSR count). The van der Waals surface area contributed by atoms with Crippen LogP contribution in [0.5, 0.6) is 0 Å². The van der Waals surface area contributed by atoms with Crippen molar-refractivity contribution in [3.05, 3.63) is 36.7 Å². The molecular formula is C16H25NO. The predicted molar refractivity (Wildman–Crippen MR) is 75.5 cm³/mol. The Morgan fingerprint density at radius 1 is 1.17 bits per heavy atom. The molecule has 1 aromatic heterocycles. The maximum absolute atomic E-state index is 9.87. The van der Waals surface area contributed by atoms with Gasteiger partial charge >= 0.3 is 0 Å². The fourth-order valence-electron chi connectivity index (χ4n) is 2.86. The van der Waals surface area contributed by atoms with Crippen molar-refractivity contribution in [2.75, 3.05) is 0 Å². The molecule has 100 valence electrons. The van der Waals surface area contributed by atoms with Crippen molar-refractivity contribution in [1.29, 1.82) is 0 Å². The molecule has 1 fully saturated rings. The third-order valence-corrected chi connectivity index (χ3v) is 3.81. The van der Waals surface area contributed by atoms with Gasteiger partial charge in [0.05, 0.1) is 11.6 Å².